The molecule has 0 bridgehead atoms. The Kier molecular flexibility index (Phi) is 4.83. The maximum absolute atomic E-state index is 10.9. The summed E-state index contributed by atoms with van der Waals surface area (Å²) in [7, 11) is 0. The second-order valence-corrected chi connectivity index (χ2v) is 4.83. The van der Waals surface area contributed by atoms with Crippen LogP contribution in [0.4, 0.5) is 17.3 Å². The van der Waals surface area contributed by atoms with Crippen LogP contribution in [0.5, 0.6) is 0 Å². The summed E-state index contributed by atoms with van der Waals surface area (Å²) in [6, 6.07) is 2.85. The van der Waals surface area contributed by atoms with Crippen LogP contribution in [-0.2, 0) is 6.54 Å². The van der Waals surface area contributed by atoms with Gasteiger partial charge in [0.2, 0.25) is 0 Å². The number of rotatable bonds is 7. The third-order valence-corrected chi connectivity index (χ3v) is 3.15. The minimum absolute atomic E-state index is 0.0133. The number of thiazole rings is 1. The van der Waals surface area contributed by atoms with Gasteiger partial charge in [-0.05, 0) is 6.42 Å². The van der Waals surface area contributed by atoms with Crippen LogP contribution in [0.3, 0.4) is 0 Å². The molecule has 2 N–H and O–H groups in total. The quantitative estimate of drug-likeness (QED) is 0.602. The van der Waals surface area contributed by atoms with Crippen LogP contribution in [0.15, 0.2) is 23.0 Å². The zero-order valence-electron chi connectivity index (χ0n) is 11.0. The van der Waals surface area contributed by atoms with Gasteiger partial charge in [0.1, 0.15) is 11.6 Å². The first-order valence-electron chi connectivity index (χ1n) is 6.20. The van der Waals surface area contributed by atoms with Crippen molar-refractivity contribution in [2.75, 3.05) is 17.2 Å². The van der Waals surface area contributed by atoms with E-state index in [9.17, 15) is 10.1 Å². The summed E-state index contributed by atoms with van der Waals surface area (Å²) in [5, 5.41) is 18.9. The standard InChI is InChI=1S/C12H15N5O2S/c1-2-3-13-11-4-10(17(18)19)5-12(16-11)14-6-9-7-20-8-15-9/h4-5,7-8H,2-3,6H2,1H3,(H2,13,14,16). The van der Waals surface area contributed by atoms with Crippen LogP contribution in [0.25, 0.3) is 0 Å². The second-order valence-electron chi connectivity index (χ2n) is 4.11. The first-order chi connectivity index (χ1) is 9.69. The monoisotopic (exact) mass is 293 g/mol. The molecule has 0 saturated heterocycles. The van der Waals surface area contributed by atoms with Gasteiger partial charge in [0.05, 0.1) is 34.8 Å². The van der Waals surface area contributed by atoms with Crippen LogP contribution in [0.2, 0.25) is 0 Å². The topological polar surface area (TPSA) is 93.0 Å². The Labute approximate surface area is 120 Å². The Morgan fingerprint density at radius 2 is 2.10 bits per heavy atom. The van der Waals surface area contributed by atoms with E-state index in [1.54, 1.807) is 5.51 Å². The molecule has 2 aromatic rings. The van der Waals surface area contributed by atoms with E-state index in [0.717, 1.165) is 18.7 Å². The highest BCUT2D eigenvalue weighted by Gasteiger charge is 2.11. The Bertz CT molecular complexity index is 573. The molecule has 0 radical (unpaired) electrons. The molecule has 0 saturated carbocycles. The highest BCUT2D eigenvalue weighted by atomic mass is 32.1. The predicted molar refractivity (Wildman–Crippen MR) is 79.1 cm³/mol. The van der Waals surface area contributed by atoms with Crippen molar-refractivity contribution in [1.29, 1.82) is 0 Å². The molecule has 0 fully saturated rings. The van der Waals surface area contributed by atoms with Gasteiger partial charge in [-0.1, -0.05) is 6.92 Å². The molecule has 20 heavy (non-hydrogen) atoms. The van der Waals surface area contributed by atoms with Crippen molar-refractivity contribution >= 4 is 28.7 Å². The third kappa shape index (κ3) is 3.89. The maximum Gasteiger partial charge on any atom is 0.276 e. The summed E-state index contributed by atoms with van der Waals surface area (Å²) in [5.41, 5.74) is 2.64. The van der Waals surface area contributed by atoms with Crippen LogP contribution in [0, 0.1) is 10.1 Å². The van der Waals surface area contributed by atoms with Crippen molar-refractivity contribution < 1.29 is 4.92 Å². The highest BCUT2D eigenvalue weighted by molar-refractivity contribution is 7.07. The zero-order chi connectivity index (χ0) is 14.4. The Morgan fingerprint density at radius 1 is 1.35 bits per heavy atom. The lowest BCUT2D eigenvalue weighted by atomic mass is 10.3. The lowest BCUT2D eigenvalue weighted by molar-refractivity contribution is -0.384. The van der Waals surface area contributed by atoms with Crippen molar-refractivity contribution in [3.63, 3.8) is 0 Å². The number of nitro groups is 1. The number of hydrogen-bond donors (Lipinski definition) is 2. The molecule has 2 aromatic heterocycles. The van der Waals surface area contributed by atoms with E-state index in [1.165, 1.54) is 23.5 Å². The van der Waals surface area contributed by atoms with Gasteiger partial charge in [0.15, 0.2) is 0 Å². The summed E-state index contributed by atoms with van der Waals surface area (Å²) in [6.45, 7) is 3.23. The summed E-state index contributed by atoms with van der Waals surface area (Å²) in [4.78, 5) is 18.9. The summed E-state index contributed by atoms with van der Waals surface area (Å²) >= 11 is 1.50. The van der Waals surface area contributed by atoms with Crippen LogP contribution in [-0.4, -0.2) is 21.4 Å². The fraction of sp³-hybridized carbons (Fsp3) is 0.333. The molecule has 0 aliphatic carbocycles. The van der Waals surface area contributed by atoms with E-state index < -0.39 is 4.92 Å². The maximum atomic E-state index is 10.9. The number of nitrogens with zero attached hydrogens (tertiary/aromatic N) is 3. The summed E-state index contributed by atoms with van der Waals surface area (Å²) < 4.78 is 0. The van der Waals surface area contributed by atoms with E-state index in [-0.39, 0.29) is 5.69 Å². The lowest BCUT2D eigenvalue weighted by Crippen LogP contribution is -2.07. The number of nitrogens with one attached hydrogen (secondary N) is 2. The Morgan fingerprint density at radius 3 is 2.70 bits per heavy atom. The molecule has 0 amide bonds. The largest absolute Gasteiger partial charge is 0.370 e. The molecule has 0 unspecified atom stereocenters. The van der Waals surface area contributed by atoms with E-state index in [2.05, 4.69) is 20.6 Å². The van der Waals surface area contributed by atoms with Crippen LogP contribution >= 0.6 is 11.3 Å². The Hall–Kier alpha value is -2.22. The molecular formula is C12H15N5O2S. The molecule has 0 spiro atoms. The molecule has 0 aliphatic heterocycles. The molecule has 106 valence electrons. The average Bonchev–Trinajstić information content (AvgIpc) is 2.96. The van der Waals surface area contributed by atoms with E-state index >= 15 is 0 Å². The van der Waals surface area contributed by atoms with Crippen LogP contribution < -0.4 is 10.6 Å². The molecule has 8 heteroatoms. The molecule has 2 rings (SSSR count). The third-order valence-electron chi connectivity index (χ3n) is 2.51. The van der Waals surface area contributed by atoms with E-state index in [1.807, 2.05) is 12.3 Å². The molecule has 7 nitrogen and oxygen atoms in total. The van der Waals surface area contributed by atoms with Gasteiger partial charge in [0.25, 0.3) is 5.69 Å². The van der Waals surface area contributed by atoms with Gasteiger partial charge in [0, 0.05) is 11.9 Å². The molecule has 0 aliphatic rings. The summed E-state index contributed by atoms with van der Waals surface area (Å²) in [6.07, 6.45) is 0.923. The molecule has 0 atom stereocenters. The fourth-order valence-electron chi connectivity index (χ4n) is 1.56. The number of pyridine rings is 1. The zero-order valence-corrected chi connectivity index (χ0v) is 11.8. The van der Waals surface area contributed by atoms with Gasteiger partial charge in [-0.2, -0.15) is 0 Å². The van der Waals surface area contributed by atoms with E-state index in [0.29, 0.717) is 18.2 Å². The summed E-state index contributed by atoms with van der Waals surface area (Å²) in [5.74, 6) is 0.965. The minimum Gasteiger partial charge on any atom is -0.370 e. The Balaban J connectivity index is 2.13. The van der Waals surface area contributed by atoms with Gasteiger partial charge in [-0.15, -0.1) is 11.3 Å². The van der Waals surface area contributed by atoms with Gasteiger partial charge in [-0.3, -0.25) is 10.1 Å². The SMILES string of the molecule is CCCNc1cc([N+](=O)[O-])cc(NCc2cscn2)n1. The normalized spacial score (nSPS) is 10.2. The van der Waals surface area contributed by atoms with Crippen molar-refractivity contribution in [3.05, 3.63) is 38.8 Å². The van der Waals surface area contributed by atoms with Gasteiger partial charge < -0.3 is 10.6 Å². The molecular weight excluding hydrogens is 278 g/mol. The molecule has 0 aromatic carbocycles. The smallest absolute Gasteiger partial charge is 0.276 e. The second kappa shape index (κ2) is 6.80. The fourth-order valence-corrected chi connectivity index (χ4v) is 2.12. The van der Waals surface area contributed by atoms with Crippen molar-refractivity contribution in [2.45, 2.75) is 19.9 Å². The van der Waals surface area contributed by atoms with Crippen molar-refractivity contribution in [1.82, 2.24) is 9.97 Å². The predicted octanol–water partition coefficient (Wildman–Crippen LogP) is 2.88. The molecule has 2 heterocycles. The number of anilines is 2. The van der Waals surface area contributed by atoms with Gasteiger partial charge >= 0.3 is 0 Å². The lowest BCUT2D eigenvalue weighted by Gasteiger charge is -2.08. The van der Waals surface area contributed by atoms with Gasteiger partial charge in [-0.25, -0.2) is 9.97 Å². The minimum atomic E-state index is -0.424. The van der Waals surface area contributed by atoms with Crippen molar-refractivity contribution in [2.24, 2.45) is 0 Å². The van der Waals surface area contributed by atoms with E-state index in [4.69, 9.17) is 0 Å². The number of hydrogen-bond acceptors (Lipinski definition) is 7. The first kappa shape index (κ1) is 14.2. The number of aromatic nitrogens is 2. The van der Waals surface area contributed by atoms with Crippen LogP contribution in [0.1, 0.15) is 19.0 Å². The first-order valence-corrected chi connectivity index (χ1v) is 7.14. The average molecular weight is 293 g/mol. The van der Waals surface area contributed by atoms with Crippen molar-refractivity contribution in [3.8, 4) is 0 Å². The highest BCUT2D eigenvalue weighted by Crippen LogP contribution is 2.21.